The smallest absolute Gasteiger partial charge is 0.411 e. The maximum atomic E-state index is 12.1. The number of nitrogens with zero attached hydrogens (tertiary/aromatic N) is 1. The van der Waals surface area contributed by atoms with Crippen molar-refractivity contribution in [2.24, 2.45) is 0 Å². The summed E-state index contributed by atoms with van der Waals surface area (Å²) in [6.07, 6.45) is -0.419. The standard InChI is InChI=1S/C13H21NO5/c1-12(2,3)19-11(17)14-7-6-9(15)8-13(14,4)10(16)18-5/h6-8H2,1-5H3. The molecular formula is C13H21NO5. The lowest BCUT2D eigenvalue weighted by Crippen LogP contribution is -2.60. The van der Waals surface area contributed by atoms with Crippen molar-refractivity contribution < 1.29 is 23.9 Å². The second-order valence-electron chi connectivity index (χ2n) is 5.86. The zero-order valence-electron chi connectivity index (χ0n) is 12.1. The maximum Gasteiger partial charge on any atom is 0.411 e. The van der Waals surface area contributed by atoms with Crippen LogP contribution >= 0.6 is 0 Å². The number of Topliss-reactive ketones (excluding diaryl/α,β-unsaturated/α-hetero) is 1. The van der Waals surface area contributed by atoms with E-state index in [1.54, 1.807) is 20.8 Å². The van der Waals surface area contributed by atoms with Gasteiger partial charge in [0.1, 0.15) is 16.9 Å². The number of ether oxygens (including phenoxy) is 2. The number of likely N-dealkylation sites (tertiary alicyclic amines) is 1. The van der Waals surface area contributed by atoms with Crippen LogP contribution in [0.4, 0.5) is 4.79 Å². The molecule has 1 fully saturated rings. The maximum absolute atomic E-state index is 12.1. The highest BCUT2D eigenvalue weighted by molar-refractivity contribution is 5.94. The average molecular weight is 271 g/mol. The first-order valence-corrected chi connectivity index (χ1v) is 6.21. The molecule has 6 nitrogen and oxygen atoms in total. The van der Waals surface area contributed by atoms with Gasteiger partial charge in [0, 0.05) is 19.4 Å². The second kappa shape index (κ2) is 5.19. The van der Waals surface area contributed by atoms with Crippen LogP contribution in [0.2, 0.25) is 0 Å². The number of rotatable bonds is 1. The summed E-state index contributed by atoms with van der Waals surface area (Å²) in [6.45, 7) is 6.93. The summed E-state index contributed by atoms with van der Waals surface area (Å²) in [5.74, 6) is -0.667. The molecule has 0 bridgehead atoms. The van der Waals surface area contributed by atoms with Crippen LogP contribution < -0.4 is 0 Å². The van der Waals surface area contributed by atoms with E-state index in [1.165, 1.54) is 18.9 Å². The Labute approximate surface area is 113 Å². The molecule has 1 aliphatic rings. The quantitative estimate of drug-likeness (QED) is 0.676. The van der Waals surface area contributed by atoms with E-state index >= 15 is 0 Å². The Bertz CT molecular complexity index is 398. The number of amides is 1. The molecule has 1 atom stereocenters. The highest BCUT2D eigenvalue weighted by Crippen LogP contribution is 2.29. The molecule has 1 heterocycles. The van der Waals surface area contributed by atoms with Crippen LogP contribution in [0.1, 0.15) is 40.5 Å². The summed E-state index contributed by atoms with van der Waals surface area (Å²) in [6, 6.07) is 0. The van der Waals surface area contributed by atoms with Crippen LogP contribution in [0.25, 0.3) is 0 Å². The van der Waals surface area contributed by atoms with Gasteiger partial charge in [0.2, 0.25) is 0 Å². The van der Waals surface area contributed by atoms with Gasteiger partial charge in [-0.3, -0.25) is 9.69 Å². The molecule has 0 aromatic rings. The number of methoxy groups -OCH3 is 1. The fourth-order valence-electron chi connectivity index (χ4n) is 2.06. The monoisotopic (exact) mass is 271 g/mol. The Morgan fingerprint density at radius 1 is 1.32 bits per heavy atom. The number of hydrogen-bond donors (Lipinski definition) is 0. The largest absolute Gasteiger partial charge is 0.467 e. The van der Waals surface area contributed by atoms with E-state index < -0.39 is 23.2 Å². The Morgan fingerprint density at radius 3 is 2.37 bits per heavy atom. The van der Waals surface area contributed by atoms with E-state index in [4.69, 9.17) is 9.47 Å². The second-order valence-corrected chi connectivity index (χ2v) is 5.86. The van der Waals surface area contributed by atoms with Gasteiger partial charge in [0.15, 0.2) is 0 Å². The van der Waals surface area contributed by atoms with Crippen molar-refractivity contribution in [3.8, 4) is 0 Å². The molecule has 0 N–H and O–H groups in total. The van der Waals surface area contributed by atoms with E-state index in [9.17, 15) is 14.4 Å². The summed E-state index contributed by atoms with van der Waals surface area (Å²) < 4.78 is 9.98. The minimum absolute atomic E-state index is 0.0427. The van der Waals surface area contributed by atoms with Gasteiger partial charge in [-0.25, -0.2) is 9.59 Å². The van der Waals surface area contributed by atoms with E-state index in [2.05, 4.69) is 0 Å². The predicted octanol–water partition coefficient (Wildman–Crippen LogP) is 1.52. The first kappa shape index (κ1) is 15.5. The topological polar surface area (TPSA) is 72.9 Å². The van der Waals surface area contributed by atoms with Crippen molar-refractivity contribution in [1.82, 2.24) is 4.90 Å². The van der Waals surface area contributed by atoms with Gasteiger partial charge in [-0.15, -0.1) is 0 Å². The Balaban J connectivity index is 2.99. The highest BCUT2D eigenvalue weighted by atomic mass is 16.6. The molecule has 1 amide bonds. The normalized spacial score (nSPS) is 24.1. The van der Waals surface area contributed by atoms with Crippen molar-refractivity contribution in [3.05, 3.63) is 0 Å². The number of ketones is 1. The third-order valence-corrected chi connectivity index (χ3v) is 2.99. The van der Waals surface area contributed by atoms with E-state index in [0.717, 1.165) is 0 Å². The van der Waals surface area contributed by atoms with Gasteiger partial charge >= 0.3 is 12.1 Å². The SMILES string of the molecule is COC(=O)C1(C)CC(=O)CCN1C(=O)OC(C)(C)C. The van der Waals surface area contributed by atoms with Gasteiger partial charge in [-0.1, -0.05) is 0 Å². The number of hydrogen-bond acceptors (Lipinski definition) is 5. The number of esters is 1. The van der Waals surface area contributed by atoms with Crippen molar-refractivity contribution >= 4 is 17.8 Å². The average Bonchev–Trinajstić information content (AvgIpc) is 2.25. The third kappa shape index (κ3) is 3.45. The molecule has 1 rings (SSSR count). The first-order chi connectivity index (χ1) is 8.60. The molecule has 0 aliphatic carbocycles. The molecule has 0 saturated carbocycles. The zero-order chi connectivity index (χ0) is 14.8. The van der Waals surface area contributed by atoms with Crippen LogP contribution in [-0.2, 0) is 19.1 Å². The Hall–Kier alpha value is -1.59. The van der Waals surface area contributed by atoms with Gasteiger partial charge in [0.25, 0.3) is 0 Å². The molecule has 108 valence electrons. The molecule has 6 heteroatoms. The summed E-state index contributed by atoms with van der Waals surface area (Å²) in [5, 5.41) is 0. The fraction of sp³-hybridized carbons (Fsp3) is 0.769. The zero-order valence-corrected chi connectivity index (χ0v) is 12.1. The molecule has 0 spiro atoms. The van der Waals surface area contributed by atoms with Crippen molar-refractivity contribution in [1.29, 1.82) is 0 Å². The van der Waals surface area contributed by atoms with Gasteiger partial charge < -0.3 is 9.47 Å². The molecular weight excluding hydrogens is 250 g/mol. The summed E-state index contributed by atoms with van der Waals surface area (Å²) in [4.78, 5) is 36.9. The highest BCUT2D eigenvalue weighted by Gasteiger charge is 2.48. The summed E-state index contributed by atoms with van der Waals surface area (Å²) in [5.41, 5.74) is -1.94. The van der Waals surface area contributed by atoms with Gasteiger partial charge in [0.05, 0.1) is 7.11 Å². The van der Waals surface area contributed by atoms with Crippen LogP contribution in [0.5, 0.6) is 0 Å². The van der Waals surface area contributed by atoms with Crippen molar-refractivity contribution in [2.45, 2.75) is 51.7 Å². The number of piperidine rings is 1. The van der Waals surface area contributed by atoms with E-state index in [1.807, 2.05) is 0 Å². The lowest BCUT2D eigenvalue weighted by Gasteiger charge is -2.41. The first-order valence-electron chi connectivity index (χ1n) is 6.21. The number of carbonyl (C=O) groups excluding carboxylic acids is 3. The Morgan fingerprint density at radius 2 is 1.89 bits per heavy atom. The fourth-order valence-corrected chi connectivity index (χ4v) is 2.06. The lowest BCUT2D eigenvalue weighted by atomic mass is 9.88. The third-order valence-electron chi connectivity index (χ3n) is 2.99. The minimum atomic E-state index is -1.29. The van der Waals surface area contributed by atoms with Crippen LogP contribution in [0.15, 0.2) is 0 Å². The van der Waals surface area contributed by atoms with Crippen LogP contribution in [0, 0.1) is 0 Å². The van der Waals surface area contributed by atoms with E-state index in [-0.39, 0.29) is 25.2 Å². The van der Waals surface area contributed by atoms with Crippen molar-refractivity contribution in [2.75, 3.05) is 13.7 Å². The molecule has 1 aliphatic heterocycles. The molecule has 1 unspecified atom stereocenters. The van der Waals surface area contributed by atoms with Crippen LogP contribution in [0.3, 0.4) is 0 Å². The molecule has 1 saturated heterocycles. The van der Waals surface area contributed by atoms with E-state index in [0.29, 0.717) is 0 Å². The van der Waals surface area contributed by atoms with Crippen molar-refractivity contribution in [3.63, 3.8) is 0 Å². The Kier molecular flexibility index (Phi) is 4.22. The number of carbonyl (C=O) groups is 3. The molecule has 0 radical (unpaired) electrons. The summed E-state index contributed by atoms with van der Waals surface area (Å²) in [7, 11) is 1.24. The lowest BCUT2D eigenvalue weighted by molar-refractivity contribution is -0.158. The van der Waals surface area contributed by atoms with Crippen LogP contribution in [-0.4, -0.2) is 47.5 Å². The van der Waals surface area contributed by atoms with Gasteiger partial charge in [-0.2, -0.15) is 0 Å². The molecule has 0 aromatic heterocycles. The summed E-state index contributed by atoms with van der Waals surface area (Å²) >= 11 is 0. The predicted molar refractivity (Wildman–Crippen MR) is 67.6 cm³/mol. The minimum Gasteiger partial charge on any atom is -0.467 e. The molecule has 0 aromatic carbocycles. The molecule has 19 heavy (non-hydrogen) atoms. The van der Waals surface area contributed by atoms with Gasteiger partial charge in [-0.05, 0) is 27.7 Å².